The molecule has 0 saturated carbocycles. The molecular formula is C15H24N4O2. The van der Waals surface area contributed by atoms with Gasteiger partial charge in [0.15, 0.2) is 0 Å². The normalized spacial score (nSPS) is 21.7. The zero-order chi connectivity index (χ0) is 14.7. The Kier molecular flexibility index (Phi) is 4.55. The standard InChI is InChI=1S/C15H24N4O2/c1-12-14(10-16-17-12)15(20)19-4-2-13(3-5-19)11-18-6-8-21-9-7-18/h10,13H,2-9,11H2,1H3,(H,16,17). The molecule has 3 heterocycles. The van der Waals surface area contributed by atoms with Crippen molar-refractivity contribution in [2.24, 2.45) is 5.92 Å². The third kappa shape index (κ3) is 3.44. The van der Waals surface area contributed by atoms with E-state index >= 15 is 0 Å². The van der Waals surface area contributed by atoms with E-state index in [1.807, 2.05) is 11.8 Å². The number of carbonyl (C=O) groups excluding carboxylic acids is 1. The molecule has 0 unspecified atom stereocenters. The van der Waals surface area contributed by atoms with Gasteiger partial charge in [-0.25, -0.2) is 0 Å². The minimum Gasteiger partial charge on any atom is -0.379 e. The van der Waals surface area contributed by atoms with E-state index in [4.69, 9.17) is 4.74 Å². The molecule has 21 heavy (non-hydrogen) atoms. The molecule has 1 aromatic rings. The van der Waals surface area contributed by atoms with Gasteiger partial charge in [-0.05, 0) is 25.7 Å². The molecule has 0 aliphatic carbocycles. The molecule has 1 N–H and O–H groups in total. The maximum absolute atomic E-state index is 12.4. The number of likely N-dealkylation sites (tertiary alicyclic amines) is 1. The minimum absolute atomic E-state index is 0.117. The molecule has 2 saturated heterocycles. The van der Waals surface area contributed by atoms with Crippen molar-refractivity contribution < 1.29 is 9.53 Å². The van der Waals surface area contributed by atoms with Crippen LogP contribution in [0.15, 0.2) is 6.20 Å². The largest absolute Gasteiger partial charge is 0.379 e. The summed E-state index contributed by atoms with van der Waals surface area (Å²) in [6.07, 6.45) is 3.83. The zero-order valence-electron chi connectivity index (χ0n) is 12.7. The average Bonchev–Trinajstić information content (AvgIpc) is 2.94. The quantitative estimate of drug-likeness (QED) is 0.899. The Balaban J connectivity index is 1.48. The Morgan fingerprint density at radius 2 is 2.05 bits per heavy atom. The topological polar surface area (TPSA) is 61.5 Å². The van der Waals surface area contributed by atoms with Crippen LogP contribution in [0.5, 0.6) is 0 Å². The second-order valence-electron chi connectivity index (χ2n) is 6.06. The molecule has 6 heteroatoms. The highest BCUT2D eigenvalue weighted by atomic mass is 16.5. The van der Waals surface area contributed by atoms with Gasteiger partial charge in [0.1, 0.15) is 0 Å². The lowest BCUT2D eigenvalue weighted by Gasteiger charge is -2.36. The van der Waals surface area contributed by atoms with Crippen molar-refractivity contribution in [1.29, 1.82) is 0 Å². The van der Waals surface area contributed by atoms with Gasteiger partial charge in [0, 0.05) is 38.4 Å². The molecule has 2 fully saturated rings. The van der Waals surface area contributed by atoms with Gasteiger partial charge in [-0.15, -0.1) is 0 Å². The van der Waals surface area contributed by atoms with Crippen LogP contribution in [0.3, 0.4) is 0 Å². The molecule has 0 spiro atoms. The number of ether oxygens (including phenoxy) is 1. The van der Waals surface area contributed by atoms with Crippen LogP contribution in [0.1, 0.15) is 28.9 Å². The van der Waals surface area contributed by atoms with E-state index < -0.39 is 0 Å². The van der Waals surface area contributed by atoms with Crippen LogP contribution in [0, 0.1) is 12.8 Å². The number of H-pyrrole nitrogens is 1. The van der Waals surface area contributed by atoms with Crippen molar-refractivity contribution in [3.63, 3.8) is 0 Å². The first-order chi connectivity index (χ1) is 10.2. The molecule has 2 aliphatic heterocycles. The summed E-state index contributed by atoms with van der Waals surface area (Å²) in [5, 5.41) is 6.77. The fraction of sp³-hybridized carbons (Fsp3) is 0.733. The number of aromatic amines is 1. The first-order valence-corrected chi connectivity index (χ1v) is 7.83. The fourth-order valence-corrected chi connectivity index (χ4v) is 3.20. The van der Waals surface area contributed by atoms with E-state index in [-0.39, 0.29) is 5.91 Å². The van der Waals surface area contributed by atoms with Crippen LogP contribution < -0.4 is 0 Å². The lowest BCUT2D eigenvalue weighted by molar-refractivity contribution is 0.0243. The molecule has 0 atom stereocenters. The van der Waals surface area contributed by atoms with Gasteiger partial charge in [0.2, 0.25) is 0 Å². The molecular weight excluding hydrogens is 268 g/mol. The second-order valence-corrected chi connectivity index (χ2v) is 6.06. The van der Waals surface area contributed by atoms with Crippen molar-refractivity contribution in [3.05, 3.63) is 17.5 Å². The zero-order valence-corrected chi connectivity index (χ0v) is 12.7. The van der Waals surface area contributed by atoms with Gasteiger partial charge in [0.05, 0.1) is 25.0 Å². The van der Waals surface area contributed by atoms with E-state index in [1.165, 1.54) is 0 Å². The number of rotatable bonds is 3. The Bertz CT molecular complexity index is 474. The van der Waals surface area contributed by atoms with Crippen LogP contribution in [0.2, 0.25) is 0 Å². The third-order valence-electron chi connectivity index (χ3n) is 4.58. The maximum Gasteiger partial charge on any atom is 0.257 e. The smallest absolute Gasteiger partial charge is 0.257 e. The number of aryl methyl sites for hydroxylation is 1. The van der Waals surface area contributed by atoms with Crippen LogP contribution in [-0.4, -0.2) is 71.8 Å². The maximum atomic E-state index is 12.4. The van der Waals surface area contributed by atoms with E-state index in [0.29, 0.717) is 11.5 Å². The highest BCUT2D eigenvalue weighted by Gasteiger charge is 2.26. The first kappa shape index (κ1) is 14.5. The van der Waals surface area contributed by atoms with E-state index in [1.54, 1.807) is 6.20 Å². The summed E-state index contributed by atoms with van der Waals surface area (Å²) >= 11 is 0. The van der Waals surface area contributed by atoms with Gasteiger partial charge < -0.3 is 9.64 Å². The van der Waals surface area contributed by atoms with Crippen LogP contribution in [-0.2, 0) is 4.74 Å². The minimum atomic E-state index is 0.117. The number of piperidine rings is 1. The van der Waals surface area contributed by atoms with Gasteiger partial charge in [-0.1, -0.05) is 0 Å². The van der Waals surface area contributed by atoms with Crippen LogP contribution in [0.25, 0.3) is 0 Å². The summed E-state index contributed by atoms with van der Waals surface area (Å²) in [4.78, 5) is 16.9. The van der Waals surface area contributed by atoms with Crippen molar-refractivity contribution in [2.45, 2.75) is 19.8 Å². The Morgan fingerprint density at radius 1 is 1.33 bits per heavy atom. The second kappa shape index (κ2) is 6.58. The molecule has 1 aromatic heterocycles. The van der Waals surface area contributed by atoms with Crippen molar-refractivity contribution in [1.82, 2.24) is 20.0 Å². The molecule has 1 amide bonds. The first-order valence-electron chi connectivity index (χ1n) is 7.83. The number of hydrogen-bond acceptors (Lipinski definition) is 4. The number of amides is 1. The van der Waals surface area contributed by atoms with Gasteiger partial charge >= 0.3 is 0 Å². The monoisotopic (exact) mass is 292 g/mol. The number of nitrogens with one attached hydrogen (secondary N) is 1. The van der Waals surface area contributed by atoms with Gasteiger partial charge in [-0.2, -0.15) is 5.10 Å². The number of aromatic nitrogens is 2. The molecule has 0 radical (unpaired) electrons. The molecule has 2 aliphatic rings. The average molecular weight is 292 g/mol. The molecule has 0 aromatic carbocycles. The highest BCUT2D eigenvalue weighted by molar-refractivity contribution is 5.95. The number of carbonyl (C=O) groups is 1. The van der Waals surface area contributed by atoms with Crippen molar-refractivity contribution >= 4 is 5.91 Å². The summed E-state index contributed by atoms with van der Waals surface area (Å²) in [5.41, 5.74) is 1.57. The van der Waals surface area contributed by atoms with Gasteiger partial charge in [-0.3, -0.25) is 14.8 Å². The van der Waals surface area contributed by atoms with Crippen LogP contribution >= 0.6 is 0 Å². The molecule has 0 bridgehead atoms. The Morgan fingerprint density at radius 3 is 2.67 bits per heavy atom. The summed E-state index contributed by atoms with van der Waals surface area (Å²) < 4.78 is 5.39. The highest BCUT2D eigenvalue weighted by Crippen LogP contribution is 2.21. The Hall–Kier alpha value is -1.40. The van der Waals surface area contributed by atoms with Crippen LogP contribution in [0.4, 0.5) is 0 Å². The summed E-state index contributed by atoms with van der Waals surface area (Å²) in [7, 11) is 0. The van der Waals surface area contributed by atoms with E-state index in [2.05, 4.69) is 15.1 Å². The van der Waals surface area contributed by atoms with Gasteiger partial charge in [0.25, 0.3) is 5.91 Å². The predicted molar refractivity (Wildman–Crippen MR) is 79.2 cm³/mol. The molecule has 6 nitrogen and oxygen atoms in total. The Labute approximate surface area is 125 Å². The number of hydrogen-bond donors (Lipinski definition) is 1. The lowest BCUT2D eigenvalue weighted by atomic mass is 9.95. The molecule has 3 rings (SSSR count). The SMILES string of the molecule is Cc1[nH]ncc1C(=O)N1CCC(CN2CCOCC2)CC1. The molecule has 116 valence electrons. The van der Waals surface area contributed by atoms with Crippen molar-refractivity contribution in [3.8, 4) is 0 Å². The summed E-state index contributed by atoms with van der Waals surface area (Å²) in [6.45, 7) is 8.58. The number of nitrogens with zero attached hydrogens (tertiary/aromatic N) is 3. The van der Waals surface area contributed by atoms with E-state index in [0.717, 1.165) is 64.5 Å². The van der Waals surface area contributed by atoms with E-state index in [9.17, 15) is 4.79 Å². The number of morpholine rings is 1. The lowest BCUT2D eigenvalue weighted by Crippen LogP contribution is -2.44. The van der Waals surface area contributed by atoms with Crippen molar-refractivity contribution in [2.75, 3.05) is 45.9 Å². The summed E-state index contributed by atoms with van der Waals surface area (Å²) in [6, 6.07) is 0. The third-order valence-corrected chi connectivity index (χ3v) is 4.58. The predicted octanol–water partition coefficient (Wildman–Crippen LogP) is 0.903. The fourth-order valence-electron chi connectivity index (χ4n) is 3.20. The summed E-state index contributed by atoms with van der Waals surface area (Å²) in [5.74, 6) is 0.823.